The largest absolute Gasteiger partial charge is 0.474 e. The highest BCUT2D eigenvalue weighted by atomic mass is 16.6. The highest BCUT2D eigenvalue weighted by molar-refractivity contribution is 5.94. The molecule has 0 saturated heterocycles. The molecule has 1 atom stereocenters. The maximum atomic E-state index is 11.9. The highest BCUT2D eigenvalue weighted by Crippen LogP contribution is 2.42. The van der Waals surface area contributed by atoms with Crippen LogP contribution in [0.25, 0.3) is 27.6 Å². The molecule has 4 aromatic rings. The molecule has 0 aliphatic carbocycles. The molecule has 0 saturated carbocycles. The SMILES string of the molecule is O=[N+]([O-])C1=Cc2c(ccc3ccccc23)O[C@H]1c1cccc2ccccc12. The quantitative estimate of drug-likeness (QED) is 0.341. The van der Waals surface area contributed by atoms with E-state index in [9.17, 15) is 10.1 Å². The van der Waals surface area contributed by atoms with Gasteiger partial charge in [0.2, 0.25) is 6.10 Å². The van der Waals surface area contributed by atoms with Gasteiger partial charge in [-0.15, -0.1) is 0 Å². The Kier molecular flexibility index (Phi) is 3.44. The molecule has 4 aromatic carbocycles. The van der Waals surface area contributed by atoms with Crippen molar-refractivity contribution in [3.05, 3.63) is 106 Å². The zero-order chi connectivity index (χ0) is 18.4. The van der Waals surface area contributed by atoms with Gasteiger partial charge in [-0.2, -0.15) is 0 Å². The van der Waals surface area contributed by atoms with Crippen LogP contribution in [0.15, 0.2) is 84.6 Å². The second-order valence-corrected chi connectivity index (χ2v) is 6.59. The lowest BCUT2D eigenvalue weighted by molar-refractivity contribution is -0.434. The number of fused-ring (bicyclic) bond motifs is 4. The van der Waals surface area contributed by atoms with Crippen molar-refractivity contribution in [2.24, 2.45) is 0 Å². The minimum absolute atomic E-state index is 0.0511. The molecule has 0 unspecified atom stereocenters. The van der Waals surface area contributed by atoms with Crippen LogP contribution in [0, 0.1) is 10.1 Å². The molecule has 0 spiro atoms. The van der Waals surface area contributed by atoms with Crippen molar-refractivity contribution in [3.63, 3.8) is 0 Å². The molecule has 0 bridgehead atoms. The highest BCUT2D eigenvalue weighted by Gasteiger charge is 2.34. The average Bonchev–Trinajstić information content (AvgIpc) is 2.72. The molecule has 0 aromatic heterocycles. The summed E-state index contributed by atoms with van der Waals surface area (Å²) in [6.07, 6.45) is 0.910. The lowest BCUT2D eigenvalue weighted by Crippen LogP contribution is -2.20. The van der Waals surface area contributed by atoms with Crippen LogP contribution in [0.1, 0.15) is 17.2 Å². The minimum Gasteiger partial charge on any atom is -0.474 e. The molecule has 0 fully saturated rings. The number of rotatable bonds is 2. The Bertz CT molecular complexity index is 1240. The average molecular weight is 353 g/mol. The number of nitro groups is 1. The monoisotopic (exact) mass is 353 g/mol. The molecule has 1 heterocycles. The number of hydrogen-bond acceptors (Lipinski definition) is 3. The van der Waals surface area contributed by atoms with Gasteiger partial charge in [0, 0.05) is 17.2 Å². The van der Waals surface area contributed by atoms with E-state index in [0.717, 1.165) is 32.7 Å². The standard InChI is InChI=1S/C23H15NO3/c25-24(26)21-14-20-18-10-4-2-7-16(18)12-13-22(20)27-23(21)19-11-5-8-15-6-1-3-9-17(15)19/h1-14,23H/t23-/m0/s1. The van der Waals surface area contributed by atoms with Crippen molar-refractivity contribution in [2.45, 2.75) is 6.10 Å². The molecule has 0 amide bonds. The van der Waals surface area contributed by atoms with E-state index >= 15 is 0 Å². The van der Waals surface area contributed by atoms with Crippen molar-refractivity contribution in [3.8, 4) is 5.75 Å². The van der Waals surface area contributed by atoms with Gasteiger partial charge in [-0.1, -0.05) is 72.8 Å². The van der Waals surface area contributed by atoms with Gasteiger partial charge in [0.25, 0.3) is 5.70 Å². The van der Waals surface area contributed by atoms with Crippen LogP contribution >= 0.6 is 0 Å². The van der Waals surface area contributed by atoms with Crippen molar-refractivity contribution in [1.29, 1.82) is 0 Å². The van der Waals surface area contributed by atoms with Crippen molar-refractivity contribution >= 4 is 27.6 Å². The van der Waals surface area contributed by atoms with Crippen LogP contribution in [-0.2, 0) is 0 Å². The van der Waals surface area contributed by atoms with Crippen molar-refractivity contribution < 1.29 is 9.66 Å². The van der Waals surface area contributed by atoms with Gasteiger partial charge < -0.3 is 4.74 Å². The van der Waals surface area contributed by atoms with E-state index in [1.165, 1.54) is 0 Å². The predicted octanol–water partition coefficient (Wildman–Crippen LogP) is 5.74. The Morgan fingerprint density at radius 2 is 1.44 bits per heavy atom. The summed E-state index contributed by atoms with van der Waals surface area (Å²) in [5, 5.41) is 15.9. The van der Waals surface area contributed by atoms with Crippen LogP contribution in [0.5, 0.6) is 5.75 Å². The number of ether oxygens (including phenoxy) is 1. The fraction of sp³-hybridized carbons (Fsp3) is 0.0435. The van der Waals surface area contributed by atoms with Crippen LogP contribution in [0.3, 0.4) is 0 Å². The summed E-state index contributed by atoms with van der Waals surface area (Å²) >= 11 is 0. The van der Waals surface area contributed by atoms with Crippen molar-refractivity contribution in [2.75, 3.05) is 0 Å². The normalized spacial score (nSPS) is 15.9. The summed E-state index contributed by atoms with van der Waals surface area (Å²) in [5.74, 6) is 0.664. The van der Waals surface area contributed by atoms with Gasteiger partial charge in [0.05, 0.1) is 4.92 Å². The maximum Gasteiger partial charge on any atom is 0.291 e. The lowest BCUT2D eigenvalue weighted by atomic mass is 9.94. The van der Waals surface area contributed by atoms with E-state index < -0.39 is 6.10 Å². The molecular formula is C23H15NO3. The van der Waals surface area contributed by atoms with E-state index in [2.05, 4.69) is 0 Å². The zero-order valence-electron chi connectivity index (χ0n) is 14.3. The first kappa shape index (κ1) is 15.6. The van der Waals surface area contributed by atoms with E-state index in [0.29, 0.717) is 5.75 Å². The topological polar surface area (TPSA) is 52.4 Å². The summed E-state index contributed by atoms with van der Waals surface area (Å²) in [7, 11) is 0. The van der Waals surface area contributed by atoms with Gasteiger partial charge in [0.15, 0.2) is 0 Å². The van der Waals surface area contributed by atoms with Gasteiger partial charge in [-0.05, 0) is 27.6 Å². The van der Waals surface area contributed by atoms with Crippen LogP contribution in [0.4, 0.5) is 0 Å². The van der Waals surface area contributed by atoms with Gasteiger partial charge in [-0.25, -0.2) is 0 Å². The van der Waals surface area contributed by atoms with Crippen molar-refractivity contribution in [1.82, 2.24) is 0 Å². The molecule has 130 valence electrons. The first-order chi connectivity index (χ1) is 13.2. The van der Waals surface area contributed by atoms with Gasteiger partial charge in [-0.3, -0.25) is 10.1 Å². The Labute approximate surface area is 155 Å². The third-order valence-electron chi connectivity index (χ3n) is 5.05. The van der Waals surface area contributed by atoms with E-state index in [4.69, 9.17) is 4.74 Å². The lowest BCUT2D eigenvalue weighted by Gasteiger charge is -2.24. The van der Waals surface area contributed by atoms with Crippen LogP contribution in [0.2, 0.25) is 0 Å². The van der Waals surface area contributed by atoms with E-state index in [1.807, 2.05) is 78.9 Å². The Balaban J connectivity index is 1.75. The molecule has 5 rings (SSSR count). The van der Waals surface area contributed by atoms with Gasteiger partial charge >= 0.3 is 0 Å². The van der Waals surface area contributed by atoms with E-state index in [1.54, 1.807) is 6.08 Å². The summed E-state index contributed by atoms with van der Waals surface area (Å²) in [6, 6.07) is 25.4. The maximum absolute atomic E-state index is 11.9. The molecule has 27 heavy (non-hydrogen) atoms. The number of hydrogen-bond donors (Lipinski definition) is 0. The summed E-state index contributed by atoms with van der Waals surface area (Å²) in [6.45, 7) is 0. The minimum atomic E-state index is -0.750. The van der Waals surface area contributed by atoms with E-state index in [-0.39, 0.29) is 10.6 Å². The summed E-state index contributed by atoms with van der Waals surface area (Å²) < 4.78 is 6.20. The Morgan fingerprint density at radius 1 is 0.778 bits per heavy atom. The second kappa shape index (κ2) is 5.95. The molecule has 4 heteroatoms. The molecule has 4 nitrogen and oxygen atoms in total. The smallest absolute Gasteiger partial charge is 0.291 e. The Hall–Kier alpha value is -3.66. The summed E-state index contributed by atoms with van der Waals surface area (Å²) in [5.41, 5.74) is 1.61. The van der Waals surface area contributed by atoms with Crippen LogP contribution < -0.4 is 4.74 Å². The Morgan fingerprint density at radius 3 is 2.22 bits per heavy atom. The zero-order valence-corrected chi connectivity index (χ0v) is 14.3. The third kappa shape index (κ3) is 2.46. The fourth-order valence-electron chi connectivity index (χ4n) is 3.79. The second-order valence-electron chi connectivity index (χ2n) is 6.59. The first-order valence-electron chi connectivity index (χ1n) is 8.74. The predicted molar refractivity (Wildman–Crippen MR) is 106 cm³/mol. The third-order valence-corrected chi connectivity index (χ3v) is 5.05. The number of benzene rings is 4. The fourth-order valence-corrected chi connectivity index (χ4v) is 3.79. The van der Waals surface area contributed by atoms with Crippen LogP contribution in [-0.4, -0.2) is 4.92 Å². The number of nitrogens with zero attached hydrogens (tertiary/aromatic N) is 1. The van der Waals surface area contributed by atoms with Gasteiger partial charge in [0.1, 0.15) is 5.75 Å². The molecule has 1 aliphatic heterocycles. The molecule has 0 radical (unpaired) electrons. The molecular weight excluding hydrogens is 338 g/mol. The molecule has 0 N–H and O–H groups in total. The molecule has 1 aliphatic rings. The first-order valence-corrected chi connectivity index (χ1v) is 8.74. The summed E-state index contributed by atoms with van der Waals surface area (Å²) in [4.78, 5) is 11.5.